The number of aromatic nitrogens is 2. The number of nitrogens with one attached hydrogen (secondary N) is 2. The summed E-state index contributed by atoms with van der Waals surface area (Å²) in [6, 6.07) is 11.4. The Morgan fingerprint density at radius 2 is 1.89 bits per heavy atom. The first kappa shape index (κ1) is 24.8. The van der Waals surface area contributed by atoms with Gasteiger partial charge in [0.2, 0.25) is 0 Å². The molecular weight excluding hydrogens is 440 g/mol. The van der Waals surface area contributed by atoms with E-state index in [-0.39, 0.29) is 29.8 Å². The summed E-state index contributed by atoms with van der Waals surface area (Å²) in [5.74, 6) is -0.0643. The maximum absolute atomic E-state index is 13.2. The monoisotopic (exact) mass is 476 g/mol. The number of hydrogen-bond donors (Lipinski definition) is 3. The molecule has 1 fully saturated rings. The van der Waals surface area contributed by atoms with Crippen LogP contribution in [0.15, 0.2) is 42.6 Å². The van der Waals surface area contributed by atoms with Gasteiger partial charge in [0.15, 0.2) is 0 Å². The summed E-state index contributed by atoms with van der Waals surface area (Å²) in [5, 5.41) is 16.0. The maximum Gasteiger partial charge on any atom is 0.305 e. The lowest BCUT2D eigenvalue weighted by molar-refractivity contribution is -0.137. The summed E-state index contributed by atoms with van der Waals surface area (Å²) in [6.07, 6.45) is 7.06. The van der Waals surface area contributed by atoms with Crippen LogP contribution in [0.5, 0.6) is 0 Å². The molecule has 2 heterocycles. The number of aryl methyl sites for hydroxylation is 1. The first-order chi connectivity index (χ1) is 16.6. The van der Waals surface area contributed by atoms with Crippen molar-refractivity contribution in [3.8, 4) is 11.3 Å². The molecule has 0 aliphatic heterocycles. The van der Waals surface area contributed by atoms with E-state index in [2.05, 4.69) is 50.5 Å². The van der Waals surface area contributed by atoms with Gasteiger partial charge in [0.1, 0.15) is 17.2 Å². The van der Waals surface area contributed by atoms with Gasteiger partial charge in [-0.3, -0.25) is 14.0 Å². The fraction of sp³-hybridized carbons (Fsp3) is 0.464. The number of carboxylic acids is 1. The molecule has 3 aromatic rings. The lowest BCUT2D eigenvalue weighted by atomic mass is 9.82. The molecule has 2 aromatic heterocycles. The first-order valence-corrected chi connectivity index (χ1v) is 12.5. The number of aliphatic carboxylic acids is 1. The van der Waals surface area contributed by atoms with Crippen LogP contribution >= 0.6 is 0 Å². The number of pyridine rings is 1. The van der Waals surface area contributed by atoms with Crippen LogP contribution in [0, 0.1) is 12.8 Å². The number of hydrogen-bond acceptors (Lipinski definition) is 4. The number of amides is 1. The highest BCUT2D eigenvalue weighted by atomic mass is 16.4. The topological polar surface area (TPSA) is 95.7 Å². The van der Waals surface area contributed by atoms with Crippen molar-refractivity contribution in [2.24, 2.45) is 5.92 Å². The Morgan fingerprint density at radius 3 is 2.54 bits per heavy atom. The molecule has 1 aliphatic carbocycles. The summed E-state index contributed by atoms with van der Waals surface area (Å²) in [5.41, 5.74) is 3.93. The van der Waals surface area contributed by atoms with Gasteiger partial charge in [-0.25, -0.2) is 4.98 Å². The van der Waals surface area contributed by atoms with Crippen molar-refractivity contribution in [1.82, 2.24) is 14.7 Å². The zero-order valence-corrected chi connectivity index (χ0v) is 21.1. The molecule has 7 nitrogen and oxygen atoms in total. The average molecular weight is 477 g/mol. The second-order valence-electron chi connectivity index (χ2n) is 10.8. The number of benzene rings is 1. The van der Waals surface area contributed by atoms with Crippen molar-refractivity contribution in [2.75, 3.05) is 5.32 Å². The van der Waals surface area contributed by atoms with Crippen LogP contribution < -0.4 is 10.6 Å². The Kier molecular flexibility index (Phi) is 7.15. The largest absolute Gasteiger partial charge is 0.481 e. The summed E-state index contributed by atoms with van der Waals surface area (Å²) >= 11 is 0. The van der Waals surface area contributed by atoms with Gasteiger partial charge >= 0.3 is 5.97 Å². The number of imidazole rings is 1. The highest BCUT2D eigenvalue weighted by molar-refractivity contribution is 5.96. The van der Waals surface area contributed by atoms with Crippen LogP contribution in [-0.2, 0) is 4.79 Å². The second-order valence-corrected chi connectivity index (χ2v) is 10.8. The number of anilines is 1. The van der Waals surface area contributed by atoms with Gasteiger partial charge < -0.3 is 15.7 Å². The Labute approximate surface area is 207 Å². The van der Waals surface area contributed by atoms with Crippen molar-refractivity contribution in [2.45, 2.75) is 77.8 Å². The van der Waals surface area contributed by atoms with Gasteiger partial charge in [0, 0.05) is 28.9 Å². The number of carboxylic acid groups (broad SMARTS) is 1. The molecule has 0 radical (unpaired) electrons. The molecule has 1 saturated carbocycles. The predicted octanol–water partition coefficient (Wildman–Crippen LogP) is 5.67. The van der Waals surface area contributed by atoms with E-state index in [4.69, 9.17) is 4.98 Å². The van der Waals surface area contributed by atoms with Gasteiger partial charge in [0.25, 0.3) is 5.91 Å². The van der Waals surface area contributed by atoms with E-state index in [0.717, 1.165) is 48.3 Å². The molecule has 186 valence electrons. The first-order valence-electron chi connectivity index (χ1n) is 12.5. The second kappa shape index (κ2) is 10.1. The normalized spacial score (nSPS) is 15.7. The minimum atomic E-state index is -0.884. The van der Waals surface area contributed by atoms with Crippen molar-refractivity contribution < 1.29 is 14.7 Å². The molecule has 1 atom stereocenters. The molecule has 0 bridgehead atoms. The lowest BCUT2D eigenvalue weighted by Gasteiger charge is -2.30. The molecule has 1 aliphatic rings. The van der Waals surface area contributed by atoms with Crippen LogP contribution in [0.25, 0.3) is 16.9 Å². The highest BCUT2D eigenvalue weighted by Gasteiger charge is 2.28. The number of carbonyl (C=O) groups is 2. The van der Waals surface area contributed by atoms with Gasteiger partial charge in [-0.1, -0.05) is 43.0 Å². The molecule has 1 aromatic carbocycles. The van der Waals surface area contributed by atoms with E-state index in [9.17, 15) is 14.7 Å². The van der Waals surface area contributed by atoms with Crippen molar-refractivity contribution in [3.63, 3.8) is 0 Å². The summed E-state index contributed by atoms with van der Waals surface area (Å²) in [6.45, 7) is 8.35. The van der Waals surface area contributed by atoms with E-state index >= 15 is 0 Å². The van der Waals surface area contributed by atoms with E-state index in [1.165, 1.54) is 6.42 Å². The third kappa shape index (κ3) is 6.02. The number of fused-ring (bicyclic) bond motifs is 1. The van der Waals surface area contributed by atoms with Gasteiger partial charge in [-0.2, -0.15) is 0 Å². The Hall–Kier alpha value is -3.35. The van der Waals surface area contributed by atoms with Crippen molar-refractivity contribution in [3.05, 3.63) is 53.7 Å². The van der Waals surface area contributed by atoms with Gasteiger partial charge in [-0.15, -0.1) is 0 Å². The minimum Gasteiger partial charge on any atom is -0.481 e. The van der Waals surface area contributed by atoms with Crippen molar-refractivity contribution in [1.29, 1.82) is 0 Å². The van der Waals surface area contributed by atoms with Crippen LogP contribution in [0.2, 0.25) is 0 Å². The van der Waals surface area contributed by atoms with E-state index < -0.39 is 5.97 Å². The van der Waals surface area contributed by atoms with Gasteiger partial charge in [-0.05, 0) is 64.7 Å². The number of rotatable bonds is 7. The zero-order valence-electron chi connectivity index (χ0n) is 21.1. The average Bonchev–Trinajstić information content (AvgIpc) is 3.15. The highest BCUT2D eigenvalue weighted by Crippen LogP contribution is 2.32. The molecule has 4 rings (SSSR count). The lowest BCUT2D eigenvalue weighted by Crippen LogP contribution is -2.42. The Bertz CT molecular complexity index is 1220. The standard InChI is InChI=1S/C28H36N4O3/c1-18-9-8-12-20(15-18)25-26(31-28(2,3)4)32-14-13-21(16-23(32)30-25)27(35)29-22(17-24(33)34)19-10-6-5-7-11-19/h8-9,12-16,19,22,31H,5-7,10-11,17H2,1-4H3,(H,29,35)(H,33,34). The molecule has 7 heteroatoms. The fourth-order valence-electron chi connectivity index (χ4n) is 4.97. The number of nitrogens with zero attached hydrogens (tertiary/aromatic N) is 2. The Balaban J connectivity index is 1.67. The van der Waals surface area contributed by atoms with Crippen LogP contribution in [0.4, 0.5) is 5.82 Å². The molecule has 3 N–H and O–H groups in total. The van der Waals surface area contributed by atoms with Gasteiger partial charge in [0.05, 0.1) is 6.42 Å². The molecule has 1 amide bonds. The molecule has 0 spiro atoms. The summed E-state index contributed by atoms with van der Waals surface area (Å²) in [7, 11) is 0. The van der Waals surface area contributed by atoms with E-state index in [1.54, 1.807) is 12.1 Å². The van der Waals surface area contributed by atoms with Crippen molar-refractivity contribution >= 4 is 23.3 Å². The SMILES string of the molecule is Cc1cccc(-c2nc3cc(C(=O)NC(CC(=O)O)C4CCCCC4)ccn3c2NC(C)(C)C)c1. The summed E-state index contributed by atoms with van der Waals surface area (Å²) < 4.78 is 1.97. The third-order valence-electron chi connectivity index (χ3n) is 6.60. The summed E-state index contributed by atoms with van der Waals surface area (Å²) in [4.78, 5) is 29.6. The Morgan fingerprint density at radius 1 is 1.14 bits per heavy atom. The third-order valence-corrected chi connectivity index (χ3v) is 6.60. The minimum absolute atomic E-state index is 0.0564. The maximum atomic E-state index is 13.2. The molecule has 35 heavy (non-hydrogen) atoms. The van der Waals surface area contributed by atoms with Crippen LogP contribution in [-0.4, -0.2) is 37.9 Å². The quantitative estimate of drug-likeness (QED) is 0.408. The molecule has 1 unspecified atom stereocenters. The van der Waals surface area contributed by atoms with E-state index in [1.807, 2.05) is 22.7 Å². The zero-order chi connectivity index (χ0) is 25.2. The number of carbonyl (C=O) groups excluding carboxylic acids is 1. The molecular formula is C28H36N4O3. The van der Waals surface area contributed by atoms with E-state index in [0.29, 0.717) is 11.2 Å². The molecule has 0 saturated heterocycles. The smallest absolute Gasteiger partial charge is 0.305 e. The fourth-order valence-corrected chi connectivity index (χ4v) is 4.97. The predicted molar refractivity (Wildman–Crippen MR) is 139 cm³/mol. The van der Waals surface area contributed by atoms with Crippen LogP contribution in [0.1, 0.15) is 75.2 Å². The van der Waals surface area contributed by atoms with Crippen LogP contribution in [0.3, 0.4) is 0 Å².